The van der Waals surface area contributed by atoms with Gasteiger partial charge in [-0.1, -0.05) is 6.92 Å². The molecule has 0 aromatic heterocycles. The van der Waals surface area contributed by atoms with E-state index < -0.39 is 5.97 Å². The fraction of sp³-hybridized carbons (Fsp3) is 0.750. The maximum atomic E-state index is 11.9. The average molecular weight is 256 g/mol. The lowest BCUT2D eigenvalue weighted by Gasteiger charge is -2.18. The third-order valence-electron chi connectivity index (χ3n) is 2.99. The molecule has 0 saturated carbocycles. The molecule has 0 bridgehead atoms. The quantitative estimate of drug-likeness (QED) is 0.737. The fourth-order valence-corrected chi connectivity index (χ4v) is 2.19. The van der Waals surface area contributed by atoms with Gasteiger partial charge in [0.25, 0.3) is 0 Å². The maximum absolute atomic E-state index is 11.9. The van der Waals surface area contributed by atoms with Gasteiger partial charge < -0.3 is 15.3 Å². The van der Waals surface area contributed by atoms with E-state index in [9.17, 15) is 14.4 Å². The molecule has 6 heteroatoms. The highest BCUT2D eigenvalue weighted by atomic mass is 16.4. The molecule has 2 unspecified atom stereocenters. The third kappa shape index (κ3) is 4.73. The van der Waals surface area contributed by atoms with Crippen molar-refractivity contribution < 1.29 is 19.5 Å². The summed E-state index contributed by atoms with van der Waals surface area (Å²) in [5.74, 6) is -1.16. The van der Waals surface area contributed by atoms with E-state index in [1.165, 1.54) is 6.92 Å². The molecule has 1 saturated heterocycles. The van der Waals surface area contributed by atoms with Crippen molar-refractivity contribution in [2.75, 3.05) is 13.1 Å². The molecule has 18 heavy (non-hydrogen) atoms. The van der Waals surface area contributed by atoms with Crippen LogP contribution in [0, 0.1) is 5.92 Å². The Morgan fingerprint density at radius 1 is 1.39 bits per heavy atom. The second-order valence-electron chi connectivity index (χ2n) is 4.93. The van der Waals surface area contributed by atoms with E-state index in [0.29, 0.717) is 13.1 Å². The molecule has 1 rings (SSSR count). The van der Waals surface area contributed by atoms with E-state index >= 15 is 0 Å². The van der Waals surface area contributed by atoms with Gasteiger partial charge in [0.15, 0.2) is 0 Å². The first-order valence-electron chi connectivity index (χ1n) is 6.15. The molecule has 0 aromatic rings. The van der Waals surface area contributed by atoms with Crippen LogP contribution in [0.1, 0.15) is 33.1 Å². The molecule has 0 aromatic carbocycles. The number of amides is 2. The minimum Gasteiger partial charge on any atom is -0.481 e. The zero-order chi connectivity index (χ0) is 13.7. The van der Waals surface area contributed by atoms with Gasteiger partial charge in [-0.15, -0.1) is 0 Å². The normalized spacial score (nSPS) is 20.6. The van der Waals surface area contributed by atoms with Crippen molar-refractivity contribution in [1.29, 1.82) is 0 Å². The van der Waals surface area contributed by atoms with E-state index in [0.717, 1.165) is 6.42 Å². The van der Waals surface area contributed by atoms with Crippen molar-refractivity contribution in [3.63, 3.8) is 0 Å². The van der Waals surface area contributed by atoms with Gasteiger partial charge in [-0.25, -0.2) is 0 Å². The Labute approximate surface area is 106 Å². The van der Waals surface area contributed by atoms with Crippen molar-refractivity contribution in [3.8, 4) is 0 Å². The summed E-state index contributed by atoms with van der Waals surface area (Å²) in [4.78, 5) is 35.0. The van der Waals surface area contributed by atoms with Crippen LogP contribution in [0.4, 0.5) is 0 Å². The van der Waals surface area contributed by atoms with Crippen LogP contribution in [0.3, 0.4) is 0 Å². The summed E-state index contributed by atoms with van der Waals surface area (Å²) in [7, 11) is 0. The van der Waals surface area contributed by atoms with Gasteiger partial charge in [-0.3, -0.25) is 14.4 Å². The van der Waals surface area contributed by atoms with Crippen LogP contribution in [0.25, 0.3) is 0 Å². The van der Waals surface area contributed by atoms with Crippen LogP contribution < -0.4 is 5.32 Å². The average Bonchev–Trinajstić information content (AvgIpc) is 2.63. The number of carboxylic acid groups (broad SMARTS) is 1. The topological polar surface area (TPSA) is 86.7 Å². The number of rotatable bonds is 5. The van der Waals surface area contributed by atoms with Crippen LogP contribution in [0.5, 0.6) is 0 Å². The van der Waals surface area contributed by atoms with Gasteiger partial charge >= 0.3 is 5.97 Å². The SMILES string of the molecule is CC(=O)NC1CCN(C(=O)CC(C)CC(=O)O)C1. The molecule has 0 aliphatic carbocycles. The second-order valence-corrected chi connectivity index (χ2v) is 4.93. The summed E-state index contributed by atoms with van der Waals surface area (Å²) >= 11 is 0. The molecule has 0 spiro atoms. The van der Waals surface area contributed by atoms with Gasteiger partial charge in [0.1, 0.15) is 0 Å². The van der Waals surface area contributed by atoms with Gasteiger partial charge in [0.05, 0.1) is 0 Å². The first-order valence-corrected chi connectivity index (χ1v) is 6.15. The van der Waals surface area contributed by atoms with Crippen LogP contribution in [0.2, 0.25) is 0 Å². The molecule has 2 N–H and O–H groups in total. The first-order chi connectivity index (χ1) is 8.38. The first kappa shape index (κ1) is 14.5. The number of hydrogen-bond donors (Lipinski definition) is 2. The Morgan fingerprint density at radius 2 is 2.06 bits per heavy atom. The molecule has 1 aliphatic rings. The summed E-state index contributed by atoms with van der Waals surface area (Å²) in [5, 5.41) is 11.4. The van der Waals surface area contributed by atoms with Crippen molar-refractivity contribution in [1.82, 2.24) is 10.2 Å². The number of aliphatic carboxylic acids is 1. The molecule has 1 fully saturated rings. The van der Waals surface area contributed by atoms with Gasteiger partial charge in [0, 0.05) is 38.9 Å². The summed E-state index contributed by atoms with van der Waals surface area (Å²) in [6, 6.07) is 0.0289. The van der Waals surface area contributed by atoms with Crippen molar-refractivity contribution in [2.24, 2.45) is 5.92 Å². The van der Waals surface area contributed by atoms with E-state index in [-0.39, 0.29) is 36.6 Å². The van der Waals surface area contributed by atoms with E-state index in [2.05, 4.69) is 5.32 Å². The standard InChI is InChI=1S/C12H20N2O4/c1-8(6-12(17)18)5-11(16)14-4-3-10(7-14)13-9(2)15/h8,10H,3-7H2,1-2H3,(H,13,15)(H,17,18). The summed E-state index contributed by atoms with van der Waals surface area (Å²) in [5.41, 5.74) is 0. The molecule has 2 amide bonds. The Hall–Kier alpha value is -1.59. The van der Waals surface area contributed by atoms with Crippen LogP contribution in [-0.4, -0.2) is 46.9 Å². The molecular formula is C12H20N2O4. The molecule has 0 radical (unpaired) electrons. The van der Waals surface area contributed by atoms with E-state index in [1.54, 1.807) is 11.8 Å². The fourth-order valence-electron chi connectivity index (χ4n) is 2.19. The number of hydrogen-bond acceptors (Lipinski definition) is 3. The number of nitrogens with zero attached hydrogens (tertiary/aromatic N) is 1. The molecular weight excluding hydrogens is 236 g/mol. The summed E-state index contributed by atoms with van der Waals surface area (Å²) in [6.45, 7) is 4.37. The minimum atomic E-state index is -0.882. The monoisotopic (exact) mass is 256 g/mol. The number of nitrogens with one attached hydrogen (secondary N) is 1. The summed E-state index contributed by atoms with van der Waals surface area (Å²) in [6.07, 6.45) is 1.02. The lowest BCUT2D eigenvalue weighted by Crippen LogP contribution is -2.37. The Morgan fingerprint density at radius 3 is 2.61 bits per heavy atom. The lowest BCUT2D eigenvalue weighted by atomic mass is 10.0. The Kier molecular flexibility index (Phi) is 5.12. The number of carbonyl (C=O) groups excluding carboxylic acids is 2. The largest absolute Gasteiger partial charge is 0.481 e. The number of carbonyl (C=O) groups is 3. The molecule has 1 heterocycles. The predicted molar refractivity (Wildman–Crippen MR) is 64.8 cm³/mol. The molecule has 6 nitrogen and oxygen atoms in total. The van der Waals surface area contributed by atoms with Gasteiger partial charge in [-0.05, 0) is 12.3 Å². The smallest absolute Gasteiger partial charge is 0.303 e. The zero-order valence-corrected chi connectivity index (χ0v) is 10.8. The number of carboxylic acids is 1. The van der Waals surface area contributed by atoms with Crippen LogP contribution in [0.15, 0.2) is 0 Å². The summed E-state index contributed by atoms with van der Waals surface area (Å²) < 4.78 is 0. The Balaban J connectivity index is 2.35. The van der Waals surface area contributed by atoms with Gasteiger partial charge in [-0.2, -0.15) is 0 Å². The van der Waals surface area contributed by atoms with Crippen LogP contribution >= 0.6 is 0 Å². The predicted octanol–water partition coefficient (Wildman–Crippen LogP) is 0.224. The molecule has 2 atom stereocenters. The third-order valence-corrected chi connectivity index (χ3v) is 2.99. The Bertz CT molecular complexity index is 343. The van der Waals surface area contributed by atoms with Crippen molar-refractivity contribution in [2.45, 2.75) is 39.2 Å². The van der Waals surface area contributed by atoms with Crippen molar-refractivity contribution in [3.05, 3.63) is 0 Å². The zero-order valence-electron chi connectivity index (χ0n) is 10.8. The maximum Gasteiger partial charge on any atom is 0.303 e. The minimum absolute atomic E-state index is 0.00864. The second kappa shape index (κ2) is 6.37. The van der Waals surface area contributed by atoms with E-state index in [4.69, 9.17) is 5.11 Å². The van der Waals surface area contributed by atoms with E-state index in [1.807, 2.05) is 0 Å². The lowest BCUT2D eigenvalue weighted by molar-refractivity contribution is -0.138. The van der Waals surface area contributed by atoms with Gasteiger partial charge in [0.2, 0.25) is 11.8 Å². The highest BCUT2D eigenvalue weighted by Crippen LogP contribution is 2.15. The molecule has 1 aliphatic heterocycles. The van der Waals surface area contributed by atoms with Crippen LogP contribution in [-0.2, 0) is 14.4 Å². The van der Waals surface area contributed by atoms with Crippen molar-refractivity contribution >= 4 is 17.8 Å². The highest BCUT2D eigenvalue weighted by Gasteiger charge is 2.27. The molecule has 102 valence electrons. The highest BCUT2D eigenvalue weighted by molar-refractivity contribution is 5.78. The number of likely N-dealkylation sites (tertiary alicyclic amines) is 1.